The molecular formula is C18H22N2O6S. The predicted octanol–water partition coefficient (Wildman–Crippen LogP) is 2.26. The van der Waals surface area contributed by atoms with Crippen LogP contribution in [0.3, 0.4) is 0 Å². The molecule has 1 fully saturated rings. The number of ether oxygens (including phenoxy) is 2. The van der Waals surface area contributed by atoms with E-state index in [4.69, 9.17) is 13.9 Å². The van der Waals surface area contributed by atoms with E-state index in [0.29, 0.717) is 50.0 Å². The number of sulfonamides is 1. The fourth-order valence-corrected chi connectivity index (χ4v) is 4.23. The Labute approximate surface area is 158 Å². The van der Waals surface area contributed by atoms with Crippen LogP contribution in [0.4, 0.5) is 5.69 Å². The van der Waals surface area contributed by atoms with Crippen molar-refractivity contribution in [3.8, 4) is 5.75 Å². The van der Waals surface area contributed by atoms with E-state index >= 15 is 0 Å². The number of hydrogen-bond donors (Lipinski definition) is 1. The van der Waals surface area contributed by atoms with Crippen LogP contribution in [-0.2, 0) is 14.8 Å². The molecule has 1 aromatic heterocycles. The molecule has 9 heteroatoms. The Morgan fingerprint density at radius 2 is 2.00 bits per heavy atom. The summed E-state index contributed by atoms with van der Waals surface area (Å²) in [6.07, 6.45) is 1.42. The Morgan fingerprint density at radius 1 is 1.26 bits per heavy atom. The van der Waals surface area contributed by atoms with Crippen molar-refractivity contribution in [2.75, 3.05) is 38.2 Å². The van der Waals surface area contributed by atoms with Crippen LogP contribution in [-0.4, -0.2) is 51.5 Å². The van der Waals surface area contributed by atoms with Crippen LogP contribution in [0, 0.1) is 6.92 Å². The number of aryl methyl sites for hydroxylation is 1. The zero-order chi connectivity index (χ0) is 19.4. The minimum atomic E-state index is -3.69. The van der Waals surface area contributed by atoms with E-state index in [1.54, 1.807) is 19.1 Å². The smallest absolute Gasteiger partial charge is 0.259 e. The highest BCUT2D eigenvalue weighted by atomic mass is 32.2. The predicted molar refractivity (Wildman–Crippen MR) is 98.6 cm³/mol. The number of nitrogens with zero attached hydrogens (tertiary/aromatic N) is 1. The zero-order valence-electron chi connectivity index (χ0n) is 15.2. The third kappa shape index (κ3) is 4.15. The highest BCUT2D eigenvalue weighted by molar-refractivity contribution is 7.89. The van der Waals surface area contributed by atoms with Gasteiger partial charge in [0.2, 0.25) is 10.0 Å². The number of hydrogen-bond acceptors (Lipinski definition) is 6. The molecule has 0 bridgehead atoms. The first kappa shape index (κ1) is 19.4. The van der Waals surface area contributed by atoms with Gasteiger partial charge in [-0.1, -0.05) is 0 Å². The van der Waals surface area contributed by atoms with Crippen LogP contribution in [0.5, 0.6) is 5.75 Å². The number of anilines is 1. The van der Waals surface area contributed by atoms with Gasteiger partial charge in [0, 0.05) is 13.1 Å². The second-order valence-electron chi connectivity index (χ2n) is 5.95. The second kappa shape index (κ2) is 8.12. The third-order valence-electron chi connectivity index (χ3n) is 4.21. The summed E-state index contributed by atoms with van der Waals surface area (Å²) in [5.41, 5.74) is 0.663. The highest BCUT2D eigenvalue weighted by Gasteiger charge is 2.27. The number of benzene rings is 1. The fraction of sp³-hybridized carbons (Fsp3) is 0.389. The molecule has 1 N–H and O–H groups in total. The summed E-state index contributed by atoms with van der Waals surface area (Å²) < 4.78 is 43.0. The maximum atomic E-state index is 12.9. The van der Waals surface area contributed by atoms with Gasteiger partial charge in [0.05, 0.1) is 42.2 Å². The third-order valence-corrected chi connectivity index (χ3v) is 6.10. The number of carbonyl (C=O) groups is 1. The van der Waals surface area contributed by atoms with Gasteiger partial charge in [-0.05, 0) is 38.1 Å². The average Bonchev–Trinajstić information content (AvgIpc) is 3.10. The molecule has 146 valence electrons. The molecule has 2 aromatic rings. The molecule has 0 unspecified atom stereocenters. The Kier molecular flexibility index (Phi) is 5.83. The topological polar surface area (TPSA) is 98.1 Å². The molecule has 0 saturated carbocycles. The first-order valence-corrected chi connectivity index (χ1v) is 10.1. The lowest BCUT2D eigenvalue weighted by Gasteiger charge is -2.26. The number of carbonyl (C=O) groups excluding carboxylic acids is 1. The van der Waals surface area contributed by atoms with E-state index in [-0.39, 0.29) is 10.6 Å². The minimum absolute atomic E-state index is 0.0899. The van der Waals surface area contributed by atoms with Gasteiger partial charge in [-0.3, -0.25) is 4.79 Å². The number of morpholine rings is 1. The lowest BCUT2D eigenvalue weighted by Crippen LogP contribution is -2.40. The molecule has 1 saturated heterocycles. The van der Waals surface area contributed by atoms with Crippen molar-refractivity contribution >= 4 is 21.6 Å². The SMILES string of the molecule is CCOc1ccc(S(=O)(=O)N2CCOCC2)cc1NC(=O)c1ccoc1C. The number of nitrogens with one attached hydrogen (secondary N) is 1. The summed E-state index contributed by atoms with van der Waals surface area (Å²) in [5.74, 6) is 0.471. The summed E-state index contributed by atoms with van der Waals surface area (Å²) in [6.45, 7) is 5.18. The summed E-state index contributed by atoms with van der Waals surface area (Å²) in [6, 6.07) is 6.01. The zero-order valence-corrected chi connectivity index (χ0v) is 16.0. The summed E-state index contributed by atoms with van der Waals surface area (Å²) in [4.78, 5) is 12.6. The molecule has 1 aliphatic rings. The van der Waals surface area contributed by atoms with Gasteiger partial charge in [-0.15, -0.1) is 0 Å². The van der Waals surface area contributed by atoms with Crippen molar-refractivity contribution < 1.29 is 27.1 Å². The lowest BCUT2D eigenvalue weighted by atomic mass is 10.2. The number of rotatable bonds is 6. The molecule has 1 aromatic carbocycles. The number of furan rings is 1. The molecule has 3 rings (SSSR count). The van der Waals surface area contributed by atoms with E-state index in [0.717, 1.165) is 0 Å². The maximum Gasteiger partial charge on any atom is 0.259 e. The molecule has 2 heterocycles. The van der Waals surface area contributed by atoms with Crippen molar-refractivity contribution in [3.05, 3.63) is 41.9 Å². The molecule has 0 spiro atoms. The van der Waals surface area contributed by atoms with E-state index in [1.807, 2.05) is 6.92 Å². The molecule has 27 heavy (non-hydrogen) atoms. The molecular weight excluding hydrogens is 372 g/mol. The van der Waals surface area contributed by atoms with E-state index in [9.17, 15) is 13.2 Å². The number of amides is 1. The lowest BCUT2D eigenvalue weighted by molar-refractivity contribution is 0.0730. The maximum absolute atomic E-state index is 12.9. The second-order valence-corrected chi connectivity index (χ2v) is 7.89. The molecule has 1 amide bonds. The van der Waals surface area contributed by atoms with Crippen molar-refractivity contribution in [3.63, 3.8) is 0 Å². The quantitative estimate of drug-likeness (QED) is 0.807. The average molecular weight is 394 g/mol. The Morgan fingerprint density at radius 3 is 2.63 bits per heavy atom. The van der Waals surface area contributed by atoms with E-state index < -0.39 is 15.9 Å². The largest absolute Gasteiger partial charge is 0.492 e. The molecule has 0 atom stereocenters. The van der Waals surface area contributed by atoms with Gasteiger partial charge in [-0.2, -0.15) is 4.31 Å². The summed E-state index contributed by atoms with van der Waals surface area (Å²) >= 11 is 0. The monoisotopic (exact) mass is 394 g/mol. The van der Waals surface area contributed by atoms with Crippen LogP contribution in [0.15, 0.2) is 39.8 Å². The van der Waals surface area contributed by atoms with Gasteiger partial charge in [0.25, 0.3) is 5.91 Å². The van der Waals surface area contributed by atoms with Crippen molar-refractivity contribution in [2.45, 2.75) is 18.7 Å². The molecule has 8 nitrogen and oxygen atoms in total. The Bertz CT molecular complexity index is 916. The summed E-state index contributed by atoms with van der Waals surface area (Å²) in [5, 5.41) is 2.72. The normalized spacial score (nSPS) is 15.5. The highest BCUT2D eigenvalue weighted by Crippen LogP contribution is 2.30. The molecule has 0 radical (unpaired) electrons. The van der Waals surface area contributed by atoms with Gasteiger partial charge < -0.3 is 19.2 Å². The van der Waals surface area contributed by atoms with Crippen LogP contribution >= 0.6 is 0 Å². The minimum Gasteiger partial charge on any atom is -0.492 e. The van der Waals surface area contributed by atoms with Gasteiger partial charge in [-0.25, -0.2) is 8.42 Å². The molecule has 0 aliphatic carbocycles. The van der Waals surface area contributed by atoms with Gasteiger partial charge >= 0.3 is 0 Å². The van der Waals surface area contributed by atoms with Crippen LogP contribution in [0.25, 0.3) is 0 Å². The van der Waals surface area contributed by atoms with Crippen molar-refractivity contribution in [1.82, 2.24) is 4.31 Å². The fourth-order valence-electron chi connectivity index (χ4n) is 2.79. The standard InChI is InChI=1S/C18H22N2O6S/c1-3-25-17-5-4-14(27(22,23)20-7-10-24-11-8-20)12-16(17)19-18(21)15-6-9-26-13(15)2/h4-6,9,12H,3,7-8,10-11H2,1-2H3,(H,19,21). The van der Waals surface area contributed by atoms with E-state index in [1.165, 1.54) is 22.7 Å². The van der Waals surface area contributed by atoms with E-state index in [2.05, 4.69) is 5.32 Å². The first-order chi connectivity index (χ1) is 12.9. The molecule has 1 aliphatic heterocycles. The van der Waals surface area contributed by atoms with Crippen LogP contribution in [0.2, 0.25) is 0 Å². The van der Waals surface area contributed by atoms with Gasteiger partial charge in [0.15, 0.2) is 0 Å². The summed E-state index contributed by atoms with van der Waals surface area (Å²) in [7, 11) is -3.69. The Balaban J connectivity index is 1.93. The van der Waals surface area contributed by atoms with Crippen molar-refractivity contribution in [2.24, 2.45) is 0 Å². The first-order valence-electron chi connectivity index (χ1n) is 8.63. The van der Waals surface area contributed by atoms with Crippen molar-refractivity contribution in [1.29, 1.82) is 0 Å². The Hall–Kier alpha value is -2.36. The van der Waals surface area contributed by atoms with Crippen LogP contribution in [0.1, 0.15) is 23.0 Å². The van der Waals surface area contributed by atoms with Gasteiger partial charge in [0.1, 0.15) is 11.5 Å². The van der Waals surface area contributed by atoms with Crippen LogP contribution < -0.4 is 10.1 Å².